The predicted molar refractivity (Wildman–Crippen MR) is 82.0 cm³/mol. The summed E-state index contributed by atoms with van der Waals surface area (Å²) in [7, 11) is 0. The fourth-order valence-electron chi connectivity index (χ4n) is 2.39. The van der Waals surface area contributed by atoms with Crippen LogP contribution in [0.5, 0.6) is 0 Å². The van der Waals surface area contributed by atoms with E-state index >= 15 is 0 Å². The first-order valence-corrected chi connectivity index (χ1v) is 7.80. The molecule has 1 aromatic heterocycles. The summed E-state index contributed by atoms with van der Waals surface area (Å²) in [6.07, 6.45) is 1.73. The van der Waals surface area contributed by atoms with Gasteiger partial charge < -0.3 is 4.90 Å². The van der Waals surface area contributed by atoms with Crippen LogP contribution in [0.15, 0.2) is 35.8 Å². The minimum absolute atomic E-state index is 0.0246. The molecule has 1 atom stereocenters. The first-order chi connectivity index (χ1) is 10.3. The van der Waals surface area contributed by atoms with E-state index in [1.54, 1.807) is 17.5 Å². The lowest BCUT2D eigenvalue weighted by molar-refractivity contribution is -0.00474. The zero-order valence-electron chi connectivity index (χ0n) is 11.8. The number of thiazole rings is 1. The van der Waals surface area contributed by atoms with Gasteiger partial charge in [0.2, 0.25) is 0 Å². The van der Waals surface area contributed by atoms with Crippen LogP contribution in [0.4, 0.5) is 0 Å². The Bertz CT molecular complexity index is 615. The summed E-state index contributed by atoms with van der Waals surface area (Å²) >= 11 is 1.54. The van der Waals surface area contributed by atoms with Gasteiger partial charge in [0, 0.05) is 42.3 Å². The molecule has 0 radical (unpaired) electrons. The molecule has 1 fully saturated rings. The molecule has 0 bridgehead atoms. The summed E-state index contributed by atoms with van der Waals surface area (Å²) < 4.78 is 0. The highest BCUT2D eigenvalue weighted by Crippen LogP contribution is 2.26. The zero-order chi connectivity index (χ0) is 14.7. The molecule has 5 nitrogen and oxygen atoms in total. The van der Waals surface area contributed by atoms with Gasteiger partial charge >= 0.3 is 0 Å². The van der Waals surface area contributed by atoms with Gasteiger partial charge in [0.15, 0.2) is 0 Å². The van der Waals surface area contributed by atoms with Crippen LogP contribution in [0.1, 0.15) is 17.3 Å². The van der Waals surface area contributed by atoms with Crippen molar-refractivity contribution in [3.05, 3.63) is 41.4 Å². The minimum Gasteiger partial charge on any atom is -0.335 e. The number of carbonyl (C=O) groups is 1. The van der Waals surface area contributed by atoms with Crippen molar-refractivity contribution in [1.29, 1.82) is 0 Å². The second kappa shape index (κ2) is 6.34. The van der Waals surface area contributed by atoms with Gasteiger partial charge in [0.25, 0.3) is 5.91 Å². The van der Waals surface area contributed by atoms with Crippen LogP contribution in [-0.4, -0.2) is 41.5 Å². The Morgan fingerprint density at radius 3 is 3.14 bits per heavy atom. The quantitative estimate of drug-likeness (QED) is 0.924. The average molecular weight is 303 g/mol. The van der Waals surface area contributed by atoms with Crippen molar-refractivity contribution in [2.45, 2.75) is 13.0 Å². The second-order valence-electron chi connectivity index (χ2n) is 4.96. The van der Waals surface area contributed by atoms with Gasteiger partial charge in [0.05, 0.1) is 6.10 Å². The lowest BCUT2D eigenvalue weighted by atomic mass is 10.1. The molecule has 1 aliphatic rings. The van der Waals surface area contributed by atoms with Crippen molar-refractivity contribution < 1.29 is 9.63 Å². The summed E-state index contributed by atoms with van der Waals surface area (Å²) in [6, 6.07) is 7.63. The fourth-order valence-corrected chi connectivity index (χ4v) is 3.07. The van der Waals surface area contributed by atoms with E-state index < -0.39 is 0 Å². The molecule has 110 valence electrons. The van der Waals surface area contributed by atoms with E-state index in [9.17, 15) is 4.79 Å². The van der Waals surface area contributed by atoms with E-state index in [4.69, 9.17) is 4.84 Å². The number of hydroxylamine groups is 1. The number of hydrogen-bond donors (Lipinski definition) is 1. The highest BCUT2D eigenvalue weighted by atomic mass is 32.1. The lowest BCUT2D eigenvalue weighted by Crippen LogP contribution is -2.37. The number of aromatic nitrogens is 1. The topological polar surface area (TPSA) is 54.5 Å². The lowest BCUT2D eigenvalue weighted by Gasteiger charge is -2.22. The number of rotatable bonds is 2. The largest absolute Gasteiger partial charge is 0.335 e. The molecule has 21 heavy (non-hydrogen) atoms. The molecular weight excluding hydrogens is 286 g/mol. The van der Waals surface area contributed by atoms with Gasteiger partial charge in [-0.2, -0.15) is 0 Å². The molecular formula is C15H17N3O2S. The van der Waals surface area contributed by atoms with Crippen LogP contribution < -0.4 is 5.48 Å². The van der Waals surface area contributed by atoms with Crippen molar-refractivity contribution in [2.24, 2.45) is 0 Å². The molecule has 6 heteroatoms. The van der Waals surface area contributed by atoms with E-state index in [-0.39, 0.29) is 12.0 Å². The van der Waals surface area contributed by atoms with E-state index in [0.29, 0.717) is 25.2 Å². The van der Waals surface area contributed by atoms with Crippen molar-refractivity contribution in [3.63, 3.8) is 0 Å². The Labute approximate surface area is 127 Å². The average Bonchev–Trinajstić information content (AvgIpc) is 2.95. The highest BCUT2D eigenvalue weighted by Gasteiger charge is 2.23. The normalized spacial score (nSPS) is 19.3. The van der Waals surface area contributed by atoms with Gasteiger partial charge in [-0.25, -0.2) is 10.5 Å². The fraction of sp³-hybridized carbons (Fsp3) is 0.333. The van der Waals surface area contributed by atoms with Crippen molar-refractivity contribution >= 4 is 17.2 Å². The molecule has 2 aromatic rings. The van der Waals surface area contributed by atoms with Gasteiger partial charge in [-0.15, -0.1) is 11.3 Å². The molecule has 1 saturated heterocycles. The number of nitrogens with one attached hydrogen (secondary N) is 1. The number of carbonyl (C=O) groups excluding carboxylic acids is 1. The van der Waals surface area contributed by atoms with E-state index in [2.05, 4.69) is 10.5 Å². The van der Waals surface area contributed by atoms with Crippen LogP contribution in [-0.2, 0) is 4.84 Å². The molecule has 0 unspecified atom stereocenters. The standard InChI is InChI=1S/C15H17N3O2S/c1-11-10-18(8-6-17-20-11)15(19)13-5-3-2-4-12(13)14-16-7-9-21-14/h2-5,7,9,11,17H,6,8,10H2,1H3/t11-/m0/s1. The van der Waals surface area contributed by atoms with Gasteiger partial charge in [-0.1, -0.05) is 18.2 Å². The Hall–Kier alpha value is -1.76. The molecule has 1 aromatic carbocycles. The second-order valence-corrected chi connectivity index (χ2v) is 5.85. The van der Waals surface area contributed by atoms with Gasteiger partial charge in [0.1, 0.15) is 5.01 Å². The first kappa shape index (κ1) is 14.2. The van der Waals surface area contributed by atoms with Crippen molar-refractivity contribution in [2.75, 3.05) is 19.6 Å². The maximum absolute atomic E-state index is 12.8. The van der Waals surface area contributed by atoms with Crippen molar-refractivity contribution in [1.82, 2.24) is 15.4 Å². The summed E-state index contributed by atoms with van der Waals surface area (Å²) in [5.41, 5.74) is 4.46. The predicted octanol–water partition coefficient (Wildman–Crippen LogP) is 2.18. The van der Waals surface area contributed by atoms with Gasteiger partial charge in [-0.3, -0.25) is 9.63 Å². The summed E-state index contributed by atoms with van der Waals surface area (Å²) in [5, 5.41) is 2.79. The third-order valence-corrected chi connectivity index (χ3v) is 4.16. The Kier molecular flexibility index (Phi) is 4.28. The zero-order valence-corrected chi connectivity index (χ0v) is 12.6. The Balaban J connectivity index is 1.91. The molecule has 3 rings (SSSR count). The molecule has 0 aliphatic carbocycles. The number of amides is 1. The maximum atomic E-state index is 12.8. The number of benzene rings is 1. The van der Waals surface area contributed by atoms with E-state index in [0.717, 1.165) is 10.6 Å². The number of nitrogens with zero attached hydrogens (tertiary/aromatic N) is 2. The number of hydrogen-bond acceptors (Lipinski definition) is 5. The smallest absolute Gasteiger partial charge is 0.254 e. The monoisotopic (exact) mass is 303 g/mol. The summed E-state index contributed by atoms with van der Waals surface area (Å²) in [4.78, 5) is 24.4. The first-order valence-electron chi connectivity index (χ1n) is 6.92. The molecule has 1 amide bonds. The summed E-state index contributed by atoms with van der Waals surface area (Å²) in [6.45, 7) is 3.80. The summed E-state index contributed by atoms with van der Waals surface area (Å²) in [5.74, 6) is 0.0277. The van der Waals surface area contributed by atoms with Crippen LogP contribution in [0, 0.1) is 0 Å². The molecule has 2 heterocycles. The van der Waals surface area contributed by atoms with Crippen LogP contribution in [0.2, 0.25) is 0 Å². The van der Waals surface area contributed by atoms with E-state index in [1.165, 1.54) is 0 Å². The Morgan fingerprint density at radius 1 is 1.48 bits per heavy atom. The Morgan fingerprint density at radius 2 is 2.33 bits per heavy atom. The highest BCUT2D eigenvalue weighted by molar-refractivity contribution is 7.13. The van der Waals surface area contributed by atoms with Gasteiger partial charge in [-0.05, 0) is 13.0 Å². The molecule has 0 saturated carbocycles. The van der Waals surface area contributed by atoms with Crippen LogP contribution in [0.25, 0.3) is 10.6 Å². The third-order valence-electron chi connectivity index (χ3n) is 3.35. The molecule has 0 spiro atoms. The molecule has 1 aliphatic heterocycles. The minimum atomic E-state index is -0.0246. The van der Waals surface area contributed by atoms with Crippen LogP contribution in [0.3, 0.4) is 0 Å². The SMILES string of the molecule is C[C@H]1CN(C(=O)c2ccccc2-c2nccs2)CCNO1. The maximum Gasteiger partial charge on any atom is 0.254 e. The van der Waals surface area contributed by atoms with E-state index in [1.807, 2.05) is 41.5 Å². The van der Waals surface area contributed by atoms with Crippen molar-refractivity contribution in [3.8, 4) is 10.6 Å². The molecule has 1 N–H and O–H groups in total. The third kappa shape index (κ3) is 3.12. The van der Waals surface area contributed by atoms with Crippen LogP contribution >= 0.6 is 11.3 Å².